The minimum atomic E-state index is -1.52. The zero-order valence-corrected chi connectivity index (χ0v) is 10.5. The molecule has 100 valence electrons. The second-order valence-corrected chi connectivity index (χ2v) is 4.64. The molecule has 2 aromatic carbocycles. The lowest BCUT2D eigenvalue weighted by atomic mass is 9.92. The van der Waals surface area contributed by atoms with Crippen LogP contribution < -0.4 is 0 Å². The summed E-state index contributed by atoms with van der Waals surface area (Å²) in [4.78, 5) is 0. The van der Waals surface area contributed by atoms with Crippen molar-refractivity contribution in [1.29, 1.82) is 0 Å². The maximum Gasteiger partial charge on any atom is 0.194 e. The van der Waals surface area contributed by atoms with Crippen LogP contribution in [0.1, 0.15) is 25.3 Å². The predicted molar refractivity (Wildman–Crippen MR) is 65.8 cm³/mol. The van der Waals surface area contributed by atoms with Gasteiger partial charge in [-0.25, -0.2) is 17.6 Å². The smallest absolute Gasteiger partial charge is 0.194 e. The van der Waals surface area contributed by atoms with Crippen molar-refractivity contribution in [2.45, 2.75) is 19.8 Å². The lowest BCUT2D eigenvalue weighted by Gasteiger charge is -2.13. The summed E-state index contributed by atoms with van der Waals surface area (Å²) in [6, 6.07) is 5.79. The molecule has 0 bridgehead atoms. The first kappa shape index (κ1) is 13.6. The van der Waals surface area contributed by atoms with Crippen LogP contribution in [0.15, 0.2) is 30.3 Å². The lowest BCUT2D eigenvalue weighted by molar-refractivity contribution is 0.447. The van der Waals surface area contributed by atoms with E-state index in [1.165, 1.54) is 12.1 Å². The van der Waals surface area contributed by atoms with Crippen molar-refractivity contribution >= 4 is 0 Å². The van der Waals surface area contributed by atoms with E-state index in [-0.39, 0.29) is 11.5 Å². The van der Waals surface area contributed by atoms with Crippen LogP contribution in [0.3, 0.4) is 0 Å². The second-order valence-electron chi connectivity index (χ2n) is 4.64. The van der Waals surface area contributed by atoms with E-state index in [4.69, 9.17) is 0 Å². The third-order valence-corrected chi connectivity index (χ3v) is 2.93. The fourth-order valence-electron chi connectivity index (χ4n) is 1.99. The third kappa shape index (κ3) is 2.62. The summed E-state index contributed by atoms with van der Waals surface area (Å²) >= 11 is 0. The first-order valence-corrected chi connectivity index (χ1v) is 5.84. The molecule has 0 radical (unpaired) electrons. The molecule has 0 spiro atoms. The molecule has 19 heavy (non-hydrogen) atoms. The summed E-state index contributed by atoms with van der Waals surface area (Å²) in [6.07, 6.45) is 0. The van der Waals surface area contributed by atoms with E-state index < -0.39 is 23.3 Å². The molecular formula is C15H12F4. The first-order chi connectivity index (χ1) is 8.90. The van der Waals surface area contributed by atoms with Crippen LogP contribution in [-0.4, -0.2) is 0 Å². The Labute approximate surface area is 108 Å². The zero-order valence-electron chi connectivity index (χ0n) is 10.5. The van der Waals surface area contributed by atoms with Crippen molar-refractivity contribution < 1.29 is 17.6 Å². The number of hydrogen-bond donors (Lipinski definition) is 0. The highest BCUT2D eigenvalue weighted by molar-refractivity contribution is 5.68. The van der Waals surface area contributed by atoms with Crippen molar-refractivity contribution in [3.05, 3.63) is 59.2 Å². The minimum absolute atomic E-state index is 0.0479. The Morgan fingerprint density at radius 3 is 1.95 bits per heavy atom. The van der Waals surface area contributed by atoms with Crippen LogP contribution in [0.4, 0.5) is 17.6 Å². The molecule has 2 aromatic rings. The standard InChI is InChI=1S/C15H12F4/c1-8(2)11-4-3-10(16)7-12(11)9-5-13(17)15(19)14(18)6-9/h3-8H,1-2H3. The summed E-state index contributed by atoms with van der Waals surface area (Å²) in [5, 5.41) is 0. The number of benzene rings is 2. The summed E-state index contributed by atoms with van der Waals surface area (Å²) in [6.45, 7) is 3.76. The highest BCUT2D eigenvalue weighted by atomic mass is 19.2. The molecule has 0 saturated heterocycles. The predicted octanol–water partition coefficient (Wildman–Crippen LogP) is 5.03. The van der Waals surface area contributed by atoms with E-state index >= 15 is 0 Å². The Kier molecular flexibility index (Phi) is 3.60. The maximum atomic E-state index is 13.3. The highest BCUT2D eigenvalue weighted by Gasteiger charge is 2.15. The molecule has 0 aliphatic carbocycles. The Balaban J connectivity index is 2.67. The molecule has 0 heterocycles. The zero-order chi connectivity index (χ0) is 14.2. The largest absolute Gasteiger partial charge is 0.207 e. The minimum Gasteiger partial charge on any atom is -0.207 e. The number of rotatable bonds is 2. The van der Waals surface area contributed by atoms with E-state index in [0.717, 1.165) is 17.7 Å². The van der Waals surface area contributed by atoms with Crippen molar-refractivity contribution in [3.63, 3.8) is 0 Å². The van der Waals surface area contributed by atoms with Gasteiger partial charge in [0.25, 0.3) is 0 Å². The summed E-state index contributed by atoms with van der Waals surface area (Å²) in [7, 11) is 0. The van der Waals surface area contributed by atoms with E-state index in [9.17, 15) is 17.6 Å². The SMILES string of the molecule is CC(C)c1ccc(F)cc1-c1cc(F)c(F)c(F)c1. The molecule has 0 aromatic heterocycles. The van der Waals surface area contributed by atoms with E-state index in [1.807, 2.05) is 13.8 Å². The van der Waals surface area contributed by atoms with E-state index in [0.29, 0.717) is 5.56 Å². The summed E-state index contributed by atoms with van der Waals surface area (Å²) in [5.74, 6) is -4.55. The fourth-order valence-corrected chi connectivity index (χ4v) is 1.99. The molecule has 0 saturated carbocycles. The van der Waals surface area contributed by atoms with Gasteiger partial charge in [-0.1, -0.05) is 19.9 Å². The quantitative estimate of drug-likeness (QED) is 0.529. The third-order valence-electron chi connectivity index (χ3n) is 2.93. The molecule has 0 nitrogen and oxygen atoms in total. The van der Waals surface area contributed by atoms with Crippen molar-refractivity contribution in [2.24, 2.45) is 0 Å². The number of halogens is 4. The topological polar surface area (TPSA) is 0 Å². The van der Waals surface area contributed by atoms with Gasteiger partial charge in [0.15, 0.2) is 17.5 Å². The fraction of sp³-hybridized carbons (Fsp3) is 0.200. The molecule has 4 heteroatoms. The van der Waals surface area contributed by atoms with Crippen LogP contribution in [0, 0.1) is 23.3 Å². The maximum absolute atomic E-state index is 13.3. The molecule has 0 amide bonds. The molecule has 2 rings (SSSR count). The van der Waals surface area contributed by atoms with Crippen LogP contribution in [0.5, 0.6) is 0 Å². The average molecular weight is 268 g/mol. The van der Waals surface area contributed by atoms with Crippen LogP contribution in [0.25, 0.3) is 11.1 Å². The monoisotopic (exact) mass is 268 g/mol. The average Bonchev–Trinajstić information content (AvgIpc) is 2.34. The van der Waals surface area contributed by atoms with Crippen molar-refractivity contribution in [2.75, 3.05) is 0 Å². The molecule has 0 N–H and O–H groups in total. The van der Waals surface area contributed by atoms with Crippen molar-refractivity contribution in [3.8, 4) is 11.1 Å². The molecule has 0 aliphatic rings. The second kappa shape index (κ2) is 5.03. The first-order valence-electron chi connectivity index (χ1n) is 5.84. The van der Waals surface area contributed by atoms with Gasteiger partial charge in [0, 0.05) is 0 Å². The Hall–Kier alpha value is -1.84. The van der Waals surface area contributed by atoms with Gasteiger partial charge in [0.2, 0.25) is 0 Å². The van der Waals surface area contributed by atoms with Gasteiger partial charge < -0.3 is 0 Å². The van der Waals surface area contributed by atoms with Gasteiger partial charge in [-0.3, -0.25) is 0 Å². The lowest BCUT2D eigenvalue weighted by Crippen LogP contribution is -1.97. The van der Waals surface area contributed by atoms with Gasteiger partial charge >= 0.3 is 0 Å². The van der Waals surface area contributed by atoms with Gasteiger partial charge in [0.05, 0.1) is 0 Å². The Morgan fingerprint density at radius 1 is 0.842 bits per heavy atom. The number of hydrogen-bond acceptors (Lipinski definition) is 0. The highest BCUT2D eigenvalue weighted by Crippen LogP contribution is 2.31. The van der Waals surface area contributed by atoms with Gasteiger partial charge in [-0.05, 0) is 46.9 Å². The summed E-state index contributed by atoms with van der Waals surface area (Å²) < 4.78 is 52.8. The molecule has 0 unspecified atom stereocenters. The molecule has 0 aliphatic heterocycles. The van der Waals surface area contributed by atoms with Gasteiger partial charge in [-0.2, -0.15) is 0 Å². The molecule has 0 fully saturated rings. The van der Waals surface area contributed by atoms with Crippen molar-refractivity contribution in [1.82, 2.24) is 0 Å². The van der Waals surface area contributed by atoms with E-state index in [2.05, 4.69) is 0 Å². The van der Waals surface area contributed by atoms with Gasteiger partial charge in [-0.15, -0.1) is 0 Å². The molecular weight excluding hydrogens is 256 g/mol. The van der Waals surface area contributed by atoms with Gasteiger partial charge in [0.1, 0.15) is 5.82 Å². The van der Waals surface area contributed by atoms with E-state index in [1.54, 1.807) is 6.07 Å². The Morgan fingerprint density at radius 2 is 1.42 bits per heavy atom. The Bertz CT molecular complexity index is 595. The van der Waals surface area contributed by atoms with Crippen LogP contribution in [0.2, 0.25) is 0 Å². The summed E-state index contributed by atoms with van der Waals surface area (Å²) in [5.41, 5.74) is 1.24. The molecule has 0 atom stereocenters. The normalized spacial score (nSPS) is 11.1. The van der Waals surface area contributed by atoms with Crippen LogP contribution in [-0.2, 0) is 0 Å². The van der Waals surface area contributed by atoms with Crippen LogP contribution >= 0.6 is 0 Å².